The topological polar surface area (TPSA) is 63.1 Å². The minimum atomic E-state index is -0.932. The van der Waals surface area contributed by atoms with Crippen LogP contribution in [-0.2, 0) is 11.2 Å². The molecule has 0 saturated heterocycles. The Kier molecular flexibility index (Phi) is 4.45. The van der Waals surface area contributed by atoms with Crippen molar-refractivity contribution in [2.75, 3.05) is 0 Å². The fourth-order valence-corrected chi connectivity index (χ4v) is 3.29. The van der Waals surface area contributed by atoms with Crippen LogP contribution in [0.1, 0.15) is 41.8 Å². The second-order valence-electron chi connectivity index (χ2n) is 5.37. The average Bonchev–Trinajstić information content (AvgIpc) is 2.85. The Morgan fingerprint density at radius 1 is 1.45 bits per heavy atom. The standard InChI is InChI=1S/C14H16N2O2S2/c1-14(2,3)13-16-10(8-20-13)7-19-11-6-9(12(17)18)4-5-15-11/h4-6,8H,7H2,1-3H3,(H,17,18). The summed E-state index contributed by atoms with van der Waals surface area (Å²) >= 11 is 3.16. The number of carboxylic acids is 1. The van der Waals surface area contributed by atoms with Crippen molar-refractivity contribution in [3.8, 4) is 0 Å². The van der Waals surface area contributed by atoms with Crippen molar-refractivity contribution in [2.45, 2.75) is 37.0 Å². The largest absolute Gasteiger partial charge is 0.478 e. The van der Waals surface area contributed by atoms with Crippen molar-refractivity contribution < 1.29 is 9.90 Å². The number of aromatic nitrogens is 2. The van der Waals surface area contributed by atoms with Crippen LogP contribution in [0, 0.1) is 0 Å². The van der Waals surface area contributed by atoms with Crippen LogP contribution >= 0.6 is 23.1 Å². The molecule has 106 valence electrons. The Bertz CT molecular complexity index is 618. The van der Waals surface area contributed by atoms with Crippen molar-refractivity contribution in [1.82, 2.24) is 9.97 Å². The highest BCUT2D eigenvalue weighted by Gasteiger charge is 2.18. The Morgan fingerprint density at radius 2 is 2.20 bits per heavy atom. The van der Waals surface area contributed by atoms with Gasteiger partial charge in [-0.2, -0.15) is 0 Å². The Balaban J connectivity index is 2.04. The summed E-state index contributed by atoms with van der Waals surface area (Å²) in [6.07, 6.45) is 1.52. The summed E-state index contributed by atoms with van der Waals surface area (Å²) in [5.74, 6) is -0.235. The SMILES string of the molecule is CC(C)(C)c1nc(CSc2cc(C(=O)O)ccn2)cs1. The van der Waals surface area contributed by atoms with Gasteiger partial charge in [-0.25, -0.2) is 14.8 Å². The first kappa shape index (κ1) is 15.0. The fraction of sp³-hybridized carbons (Fsp3) is 0.357. The van der Waals surface area contributed by atoms with Crippen LogP contribution in [0.2, 0.25) is 0 Å². The number of rotatable bonds is 4. The van der Waals surface area contributed by atoms with Gasteiger partial charge < -0.3 is 5.11 Å². The van der Waals surface area contributed by atoms with E-state index in [9.17, 15) is 4.79 Å². The third-order valence-corrected chi connectivity index (χ3v) is 4.82. The zero-order valence-corrected chi connectivity index (χ0v) is 13.2. The molecule has 1 N–H and O–H groups in total. The van der Waals surface area contributed by atoms with Gasteiger partial charge in [-0.1, -0.05) is 32.5 Å². The zero-order chi connectivity index (χ0) is 14.8. The molecule has 0 fully saturated rings. The van der Waals surface area contributed by atoms with Gasteiger partial charge in [0, 0.05) is 22.7 Å². The van der Waals surface area contributed by atoms with Gasteiger partial charge in [-0.3, -0.25) is 0 Å². The molecule has 0 aliphatic heterocycles. The van der Waals surface area contributed by atoms with Crippen LogP contribution < -0.4 is 0 Å². The lowest BCUT2D eigenvalue weighted by Crippen LogP contribution is -2.10. The van der Waals surface area contributed by atoms with E-state index >= 15 is 0 Å². The van der Waals surface area contributed by atoms with Crippen LogP contribution in [0.25, 0.3) is 0 Å². The van der Waals surface area contributed by atoms with Gasteiger partial charge in [-0.05, 0) is 12.1 Å². The van der Waals surface area contributed by atoms with Gasteiger partial charge in [0.2, 0.25) is 0 Å². The van der Waals surface area contributed by atoms with E-state index in [0.717, 1.165) is 10.7 Å². The molecule has 6 heteroatoms. The van der Waals surface area contributed by atoms with E-state index < -0.39 is 5.97 Å². The van der Waals surface area contributed by atoms with Crippen molar-refractivity contribution in [2.24, 2.45) is 0 Å². The summed E-state index contributed by atoms with van der Waals surface area (Å²) in [5, 5.41) is 12.8. The van der Waals surface area contributed by atoms with E-state index in [2.05, 4.69) is 36.1 Å². The predicted molar refractivity (Wildman–Crippen MR) is 81.6 cm³/mol. The van der Waals surface area contributed by atoms with E-state index in [0.29, 0.717) is 10.8 Å². The van der Waals surface area contributed by atoms with Gasteiger partial charge >= 0.3 is 5.97 Å². The number of thiazole rings is 1. The summed E-state index contributed by atoms with van der Waals surface area (Å²) in [6.45, 7) is 6.42. The van der Waals surface area contributed by atoms with Gasteiger partial charge in [-0.15, -0.1) is 11.3 Å². The van der Waals surface area contributed by atoms with E-state index in [-0.39, 0.29) is 11.0 Å². The molecule has 0 aromatic carbocycles. The molecular weight excluding hydrogens is 292 g/mol. The Labute approximate surface area is 126 Å². The maximum atomic E-state index is 10.9. The molecule has 0 radical (unpaired) electrons. The minimum Gasteiger partial charge on any atom is -0.478 e. The number of carboxylic acid groups (broad SMARTS) is 1. The number of pyridine rings is 1. The number of nitrogens with zero attached hydrogens (tertiary/aromatic N) is 2. The van der Waals surface area contributed by atoms with Crippen LogP contribution in [0.5, 0.6) is 0 Å². The van der Waals surface area contributed by atoms with Crippen LogP contribution in [-0.4, -0.2) is 21.0 Å². The quantitative estimate of drug-likeness (QED) is 0.870. The molecule has 0 amide bonds. The number of thioether (sulfide) groups is 1. The highest BCUT2D eigenvalue weighted by atomic mass is 32.2. The molecule has 2 rings (SSSR count). The lowest BCUT2D eigenvalue weighted by molar-refractivity contribution is 0.0696. The van der Waals surface area contributed by atoms with Crippen LogP contribution in [0.3, 0.4) is 0 Å². The molecule has 0 unspecified atom stereocenters. The molecule has 0 aliphatic carbocycles. The lowest BCUT2D eigenvalue weighted by atomic mass is 9.98. The third-order valence-electron chi connectivity index (χ3n) is 2.54. The molecule has 4 nitrogen and oxygen atoms in total. The highest BCUT2D eigenvalue weighted by Crippen LogP contribution is 2.28. The summed E-state index contributed by atoms with van der Waals surface area (Å²) in [7, 11) is 0. The highest BCUT2D eigenvalue weighted by molar-refractivity contribution is 7.98. The number of hydrogen-bond donors (Lipinski definition) is 1. The number of hydrogen-bond acceptors (Lipinski definition) is 5. The summed E-state index contributed by atoms with van der Waals surface area (Å²) in [4.78, 5) is 19.7. The van der Waals surface area contributed by atoms with Crippen molar-refractivity contribution in [3.63, 3.8) is 0 Å². The zero-order valence-electron chi connectivity index (χ0n) is 11.6. The monoisotopic (exact) mass is 308 g/mol. The van der Waals surface area contributed by atoms with Gasteiger partial charge in [0.1, 0.15) is 0 Å². The number of aromatic carboxylic acids is 1. The summed E-state index contributed by atoms with van der Waals surface area (Å²) < 4.78 is 0. The van der Waals surface area contributed by atoms with E-state index in [1.54, 1.807) is 17.4 Å². The molecule has 2 heterocycles. The second-order valence-corrected chi connectivity index (χ2v) is 7.22. The molecule has 0 saturated carbocycles. The summed E-state index contributed by atoms with van der Waals surface area (Å²) in [5.41, 5.74) is 1.33. The molecule has 2 aromatic heterocycles. The van der Waals surface area contributed by atoms with Gasteiger partial charge in [0.25, 0.3) is 0 Å². The lowest BCUT2D eigenvalue weighted by Gasteiger charge is -2.13. The molecule has 0 spiro atoms. The smallest absolute Gasteiger partial charge is 0.335 e. The molecule has 0 atom stereocenters. The first-order chi connectivity index (χ1) is 9.36. The van der Waals surface area contributed by atoms with E-state index in [1.807, 2.05) is 0 Å². The maximum Gasteiger partial charge on any atom is 0.335 e. The molecule has 0 bridgehead atoms. The van der Waals surface area contributed by atoms with Gasteiger partial charge in [0.15, 0.2) is 0 Å². The van der Waals surface area contributed by atoms with E-state index in [4.69, 9.17) is 5.11 Å². The Morgan fingerprint density at radius 3 is 2.80 bits per heavy atom. The van der Waals surface area contributed by atoms with Gasteiger partial charge in [0.05, 0.1) is 21.3 Å². The molecule has 2 aromatic rings. The number of carbonyl (C=O) groups is 1. The van der Waals surface area contributed by atoms with Crippen molar-refractivity contribution in [3.05, 3.63) is 40.0 Å². The minimum absolute atomic E-state index is 0.0645. The normalized spacial score (nSPS) is 11.6. The van der Waals surface area contributed by atoms with Crippen molar-refractivity contribution in [1.29, 1.82) is 0 Å². The maximum absolute atomic E-state index is 10.9. The fourth-order valence-electron chi connectivity index (χ4n) is 1.49. The van der Waals surface area contributed by atoms with E-state index in [1.165, 1.54) is 24.0 Å². The van der Waals surface area contributed by atoms with Crippen LogP contribution in [0.4, 0.5) is 0 Å². The predicted octanol–water partition coefficient (Wildman–Crippen LogP) is 3.83. The molecular formula is C14H16N2O2S2. The molecule has 20 heavy (non-hydrogen) atoms. The second kappa shape index (κ2) is 5.93. The van der Waals surface area contributed by atoms with Crippen molar-refractivity contribution >= 4 is 29.1 Å². The van der Waals surface area contributed by atoms with Crippen LogP contribution in [0.15, 0.2) is 28.7 Å². The molecule has 0 aliphatic rings. The summed E-state index contributed by atoms with van der Waals surface area (Å²) in [6, 6.07) is 3.08. The first-order valence-electron chi connectivity index (χ1n) is 6.13. The first-order valence-corrected chi connectivity index (χ1v) is 8.00. The average molecular weight is 308 g/mol. The Hall–Kier alpha value is -1.40. The third kappa shape index (κ3) is 3.80.